The zero-order valence-electron chi connectivity index (χ0n) is 7.99. The van der Waals surface area contributed by atoms with E-state index in [4.69, 9.17) is 10.00 Å². The lowest BCUT2D eigenvalue weighted by Crippen LogP contribution is -2.32. The molecule has 1 saturated heterocycles. The van der Waals surface area contributed by atoms with Crippen molar-refractivity contribution in [2.45, 2.75) is 18.9 Å². The Morgan fingerprint density at radius 3 is 3.21 bits per heavy atom. The van der Waals surface area contributed by atoms with Crippen molar-refractivity contribution >= 4 is 17.7 Å². The van der Waals surface area contributed by atoms with Gasteiger partial charge < -0.3 is 10.1 Å². The topological polar surface area (TPSA) is 62.1 Å². The van der Waals surface area contributed by atoms with E-state index in [-0.39, 0.29) is 12.0 Å². The van der Waals surface area contributed by atoms with Crippen molar-refractivity contribution < 1.29 is 9.53 Å². The first-order valence-corrected chi connectivity index (χ1v) is 5.81. The number of carbonyl (C=O) groups is 1. The van der Waals surface area contributed by atoms with Crippen LogP contribution in [0.1, 0.15) is 12.8 Å². The summed E-state index contributed by atoms with van der Waals surface area (Å²) >= 11 is 1.33. The normalized spacial score (nSPS) is 20.4. The Hall–Kier alpha value is -0.730. The van der Waals surface area contributed by atoms with E-state index in [9.17, 15) is 4.79 Å². The van der Waals surface area contributed by atoms with Gasteiger partial charge in [-0.1, -0.05) is 0 Å². The van der Waals surface area contributed by atoms with E-state index in [0.29, 0.717) is 18.1 Å². The van der Waals surface area contributed by atoms with Crippen molar-refractivity contribution in [1.29, 1.82) is 5.26 Å². The maximum atomic E-state index is 11.2. The molecular formula is C9H14N2O2S. The van der Waals surface area contributed by atoms with Gasteiger partial charge in [0.2, 0.25) is 5.91 Å². The van der Waals surface area contributed by atoms with Crippen molar-refractivity contribution in [3.8, 4) is 6.07 Å². The molecule has 0 spiro atoms. The lowest BCUT2D eigenvalue weighted by Gasteiger charge is -2.09. The van der Waals surface area contributed by atoms with Gasteiger partial charge in [0.25, 0.3) is 0 Å². The van der Waals surface area contributed by atoms with Crippen LogP contribution in [0.3, 0.4) is 0 Å². The SMILES string of the molecule is N#CCSCC(=O)NCC1CCCO1. The Morgan fingerprint density at radius 2 is 2.57 bits per heavy atom. The number of amides is 1. The molecule has 0 aliphatic carbocycles. The Bertz CT molecular complexity index is 221. The van der Waals surface area contributed by atoms with Crippen LogP contribution in [0.15, 0.2) is 0 Å². The molecule has 1 rings (SSSR count). The van der Waals surface area contributed by atoms with Crippen molar-refractivity contribution in [2.75, 3.05) is 24.7 Å². The number of thioether (sulfide) groups is 1. The van der Waals surface area contributed by atoms with Gasteiger partial charge in [-0.2, -0.15) is 5.26 Å². The number of rotatable bonds is 5. The van der Waals surface area contributed by atoms with Crippen molar-refractivity contribution in [2.24, 2.45) is 0 Å². The fourth-order valence-corrected chi connectivity index (χ4v) is 1.75. The molecule has 0 radical (unpaired) electrons. The van der Waals surface area contributed by atoms with E-state index in [0.717, 1.165) is 19.4 Å². The van der Waals surface area contributed by atoms with Gasteiger partial charge in [-0.05, 0) is 12.8 Å². The smallest absolute Gasteiger partial charge is 0.230 e. The number of hydrogen-bond donors (Lipinski definition) is 1. The number of ether oxygens (including phenoxy) is 1. The second-order valence-corrected chi connectivity index (χ2v) is 4.08. The van der Waals surface area contributed by atoms with Gasteiger partial charge in [-0.3, -0.25) is 4.79 Å². The van der Waals surface area contributed by atoms with Crippen LogP contribution >= 0.6 is 11.8 Å². The minimum Gasteiger partial charge on any atom is -0.376 e. The molecule has 1 amide bonds. The molecule has 1 aliphatic rings. The van der Waals surface area contributed by atoms with E-state index < -0.39 is 0 Å². The second kappa shape index (κ2) is 6.68. The molecule has 1 atom stereocenters. The predicted molar refractivity (Wildman–Crippen MR) is 54.9 cm³/mol. The third-order valence-corrected chi connectivity index (χ3v) is 2.75. The standard InChI is InChI=1S/C9H14N2O2S/c10-3-5-14-7-9(12)11-6-8-2-1-4-13-8/h8H,1-2,4-7H2,(H,11,12). The third-order valence-electron chi connectivity index (χ3n) is 1.95. The van der Waals surface area contributed by atoms with E-state index in [1.165, 1.54) is 11.8 Å². The molecule has 4 nitrogen and oxygen atoms in total. The number of nitrogens with zero attached hydrogens (tertiary/aromatic N) is 1. The molecule has 0 aromatic carbocycles. The van der Waals surface area contributed by atoms with Crippen LogP contribution in [0.4, 0.5) is 0 Å². The fraction of sp³-hybridized carbons (Fsp3) is 0.778. The highest BCUT2D eigenvalue weighted by Crippen LogP contribution is 2.10. The first kappa shape index (κ1) is 11.3. The zero-order chi connectivity index (χ0) is 10.2. The molecule has 1 N–H and O–H groups in total. The molecule has 0 aromatic rings. The molecule has 0 saturated carbocycles. The first-order chi connectivity index (χ1) is 6.83. The van der Waals surface area contributed by atoms with Gasteiger partial charge in [0.1, 0.15) is 0 Å². The summed E-state index contributed by atoms with van der Waals surface area (Å²) in [6, 6.07) is 1.98. The highest BCUT2D eigenvalue weighted by Gasteiger charge is 2.15. The van der Waals surface area contributed by atoms with Crippen LogP contribution in [0.5, 0.6) is 0 Å². The van der Waals surface area contributed by atoms with Crippen LogP contribution in [-0.4, -0.2) is 36.7 Å². The molecule has 78 valence electrons. The van der Waals surface area contributed by atoms with Crippen molar-refractivity contribution in [1.82, 2.24) is 5.32 Å². The van der Waals surface area contributed by atoms with Crippen LogP contribution in [0.25, 0.3) is 0 Å². The maximum absolute atomic E-state index is 11.2. The monoisotopic (exact) mass is 214 g/mol. The third kappa shape index (κ3) is 4.49. The second-order valence-electron chi connectivity index (χ2n) is 3.09. The molecule has 0 aromatic heterocycles. The van der Waals surface area contributed by atoms with Crippen molar-refractivity contribution in [3.05, 3.63) is 0 Å². The van der Waals surface area contributed by atoms with Crippen molar-refractivity contribution in [3.63, 3.8) is 0 Å². The van der Waals surface area contributed by atoms with Gasteiger partial charge in [-0.15, -0.1) is 11.8 Å². The minimum absolute atomic E-state index is 0.0132. The molecule has 1 fully saturated rings. The summed E-state index contributed by atoms with van der Waals surface area (Å²) in [5.74, 6) is 0.717. The quantitative estimate of drug-likeness (QED) is 0.678. The van der Waals surface area contributed by atoms with Crippen LogP contribution in [0, 0.1) is 11.3 Å². The maximum Gasteiger partial charge on any atom is 0.230 e. The number of nitriles is 1. The van der Waals surface area contributed by atoms with E-state index in [1.807, 2.05) is 6.07 Å². The number of nitrogens with one attached hydrogen (secondary N) is 1. The van der Waals surface area contributed by atoms with Gasteiger partial charge in [0, 0.05) is 13.2 Å². The summed E-state index contributed by atoms with van der Waals surface area (Å²) in [4.78, 5) is 11.2. The molecule has 1 heterocycles. The Balaban J connectivity index is 2.00. The minimum atomic E-state index is -0.0132. The van der Waals surface area contributed by atoms with Gasteiger partial charge in [0.15, 0.2) is 0 Å². The van der Waals surface area contributed by atoms with Gasteiger partial charge in [0.05, 0.1) is 23.7 Å². The van der Waals surface area contributed by atoms with E-state index in [1.54, 1.807) is 0 Å². The summed E-state index contributed by atoms with van der Waals surface area (Å²) in [5, 5.41) is 11.0. The average Bonchev–Trinajstić information content (AvgIpc) is 2.68. The fourth-order valence-electron chi connectivity index (χ4n) is 1.27. The summed E-state index contributed by atoms with van der Waals surface area (Å²) < 4.78 is 5.36. The zero-order valence-corrected chi connectivity index (χ0v) is 8.81. The highest BCUT2D eigenvalue weighted by molar-refractivity contribution is 8.00. The van der Waals surface area contributed by atoms with E-state index in [2.05, 4.69) is 5.32 Å². The predicted octanol–water partition coefficient (Wildman–Crippen LogP) is 0.538. The molecule has 14 heavy (non-hydrogen) atoms. The summed E-state index contributed by atoms with van der Waals surface area (Å²) in [6.07, 6.45) is 2.31. The summed E-state index contributed by atoms with van der Waals surface area (Å²) in [5.41, 5.74) is 0. The van der Waals surface area contributed by atoms with E-state index >= 15 is 0 Å². The molecule has 0 bridgehead atoms. The first-order valence-electron chi connectivity index (χ1n) is 4.66. The van der Waals surface area contributed by atoms with Crippen LogP contribution in [-0.2, 0) is 9.53 Å². The Labute approximate surface area is 88.0 Å². The van der Waals surface area contributed by atoms with Gasteiger partial charge >= 0.3 is 0 Å². The average molecular weight is 214 g/mol. The molecule has 1 aliphatic heterocycles. The highest BCUT2D eigenvalue weighted by atomic mass is 32.2. The molecule has 5 heteroatoms. The number of carbonyl (C=O) groups excluding carboxylic acids is 1. The lowest BCUT2D eigenvalue weighted by atomic mass is 10.2. The van der Waals surface area contributed by atoms with Gasteiger partial charge in [-0.25, -0.2) is 0 Å². The molecular weight excluding hydrogens is 200 g/mol. The Kier molecular flexibility index (Phi) is 5.42. The Morgan fingerprint density at radius 1 is 1.71 bits per heavy atom. The summed E-state index contributed by atoms with van der Waals surface area (Å²) in [6.45, 7) is 1.41. The largest absolute Gasteiger partial charge is 0.376 e. The number of hydrogen-bond acceptors (Lipinski definition) is 4. The summed E-state index contributed by atoms with van der Waals surface area (Å²) in [7, 11) is 0. The lowest BCUT2D eigenvalue weighted by molar-refractivity contribution is -0.119. The van der Waals surface area contributed by atoms with Crippen LogP contribution in [0.2, 0.25) is 0 Å². The van der Waals surface area contributed by atoms with Crippen LogP contribution < -0.4 is 5.32 Å². The molecule has 1 unspecified atom stereocenters.